The summed E-state index contributed by atoms with van der Waals surface area (Å²) in [7, 11) is 1.91. The second kappa shape index (κ2) is 11.1. The lowest BCUT2D eigenvalue weighted by Gasteiger charge is -2.34. The number of carboxylic acids is 1. The minimum absolute atomic E-state index is 0.00638. The zero-order chi connectivity index (χ0) is 28.7. The number of anilines is 1. The van der Waals surface area contributed by atoms with Crippen LogP contribution in [0.25, 0.3) is 21.9 Å². The van der Waals surface area contributed by atoms with Gasteiger partial charge in [-0.2, -0.15) is 5.10 Å². The zero-order valence-corrected chi connectivity index (χ0v) is 24.3. The lowest BCUT2D eigenvalue weighted by atomic mass is 9.82. The number of fused-ring (bicyclic) bond motifs is 3. The molecular weight excluding hydrogens is 506 g/mol. The van der Waals surface area contributed by atoms with Gasteiger partial charge in [-0.3, -0.25) is 9.48 Å². The summed E-state index contributed by atoms with van der Waals surface area (Å²) in [5.74, 6) is -0.545. The molecule has 40 heavy (non-hydrogen) atoms. The average Bonchev–Trinajstić information content (AvgIpc) is 3.40. The number of benzene rings is 2. The van der Waals surface area contributed by atoms with E-state index in [1.807, 2.05) is 57.6 Å². The third-order valence-corrected chi connectivity index (χ3v) is 8.26. The fourth-order valence-electron chi connectivity index (χ4n) is 5.95. The van der Waals surface area contributed by atoms with E-state index in [1.165, 1.54) is 0 Å². The Hall–Kier alpha value is -3.65. The van der Waals surface area contributed by atoms with Crippen LogP contribution in [0.5, 0.6) is 0 Å². The molecule has 212 valence electrons. The highest BCUT2D eigenvalue weighted by molar-refractivity contribution is 6.12. The maximum Gasteiger partial charge on any atom is 0.337 e. The van der Waals surface area contributed by atoms with E-state index in [-0.39, 0.29) is 23.4 Å². The smallest absolute Gasteiger partial charge is 0.337 e. The van der Waals surface area contributed by atoms with Crippen molar-refractivity contribution in [1.82, 2.24) is 9.78 Å². The summed E-state index contributed by atoms with van der Waals surface area (Å²) in [4.78, 5) is 27.9. The number of furan rings is 1. The zero-order valence-electron chi connectivity index (χ0n) is 24.3. The van der Waals surface area contributed by atoms with Gasteiger partial charge >= 0.3 is 5.97 Å². The van der Waals surface area contributed by atoms with Gasteiger partial charge < -0.3 is 19.2 Å². The molecule has 0 unspecified atom stereocenters. The van der Waals surface area contributed by atoms with Crippen molar-refractivity contribution in [2.75, 3.05) is 4.90 Å². The van der Waals surface area contributed by atoms with Crippen LogP contribution in [0, 0.1) is 25.7 Å². The number of carboxylic acid groups (broad SMARTS) is 1. The first-order valence-electron chi connectivity index (χ1n) is 14.2. The van der Waals surface area contributed by atoms with Gasteiger partial charge in [-0.1, -0.05) is 6.92 Å². The van der Waals surface area contributed by atoms with Crippen LogP contribution >= 0.6 is 0 Å². The van der Waals surface area contributed by atoms with E-state index in [1.54, 1.807) is 11.0 Å². The Labute approximate surface area is 234 Å². The van der Waals surface area contributed by atoms with Gasteiger partial charge in [0, 0.05) is 29.8 Å². The molecule has 0 atom stereocenters. The third kappa shape index (κ3) is 5.37. The van der Waals surface area contributed by atoms with Gasteiger partial charge in [0.2, 0.25) is 5.91 Å². The molecule has 8 nitrogen and oxygen atoms in total. The number of aromatic carboxylic acids is 1. The van der Waals surface area contributed by atoms with Gasteiger partial charge in [-0.05, 0) is 101 Å². The first-order valence-corrected chi connectivity index (χ1v) is 14.2. The number of rotatable bonds is 8. The molecule has 0 spiro atoms. The molecule has 1 N–H and O–H groups in total. The normalized spacial score (nSPS) is 17.7. The number of nitrogens with zero attached hydrogens (tertiary/aromatic N) is 3. The lowest BCUT2D eigenvalue weighted by Crippen LogP contribution is -2.42. The van der Waals surface area contributed by atoms with Crippen molar-refractivity contribution in [3.05, 3.63) is 58.4 Å². The van der Waals surface area contributed by atoms with E-state index in [4.69, 9.17) is 9.15 Å². The van der Waals surface area contributed by atoms with Gasteiger partial charge in [-0.25, -0.2) is 4.79 Å². The molecular formula is C32H39N3O5. The van der Waals surface area contributed by atoms with Crippen molar-refractivity contribution in [1.29, 1.82) is 0 Å². The lowest BCUT2D eigenvalue weighted by molar-refractivity contribution is -0.123. The summed E-state index contributed by atoms with van der Waals surface area (Å²) < 4.78 is 14.0. The molecule has 1 amide bonds. The molecule has 1 saturated carbocycles. The Morgan fingerprint density at radius 2 is 1.73 bits per heavy atom. The third-order valence-electron chi connectivity index (χ3n) is 8.26. The molecule has 0 aliphatic heterocycles. The van der Waals surface area contributed by atoms with Crippen LogP contribution in [0.15, 0.2) is 34.7 Å². The first kappa shape index (κ1) is 27.9. The highest BCUT2D eigenvalue weighted by Gasteiger charge is 2.33. The SMILES string of the molecule is Cc1cc(COCc2cc3c(cc2C)oc2cc(C(=O)O)c(N(C(=O)C4CCC(C)CC4)C(C)C)cc23)n(C)n1. The molecule has 1 aliphatic rings. The molecule has 2 aromatic heterocycles. The molecule has 0 saturated heterocycles. The van der Waals surface area contributed by atoms with E-state index < -0.39 is 5.97 Å². The molecule has 5 rings (SSSR count). The van der Waals surface area contributed by atoms with Gasteiger partial charge in [0.05, 0.1) is 35.9 Å². The monoisotopic (exact) mass is 545 g/mol. The predicted molar refractivity (Wildman–Crippen MR) is 156 cm³/mol. The van der Waals surface area contributed by atoms with Crippen LogP contribution in [-0.2, 0) is 29.8 Å². The van der Waals surface area contributed by atoms with Crippen molar-refractivity contribution in [3.8, 4) is 0 Å². The second-order valence-corrected chi connectivity index (χ2v) is 11.7. The Balaban J connectivity index is 1.53. The van der Waals surface area contributed by atoms with Crippen molar-refractivity contribution >= 4 is 39.5 Å². The maximum absolute atomic E-state index is 13.8. The minimum Gasteiger partial charge on any atom is -0.478 e. The van der Waals surface area contributed by atoms with E-state index in [2.05, 4.69) is 18.1 Å². The quantitative estimate of drug-likeness (QED) is 0.258. The highest BCUT2D eigenvalue weighted by atomic mass is 16.5. The van der Waals surface area contributed by atoms with E-state index in [0.29, 0.717) is 36.0 Å². The Kier molecular flexibility index (Phi) is 7.73. The second-order valence-electron chi connectivity index (χ2n) is 11.7. The fourth-order valence-corrected chi connectivity index (χ4v) is 5.95. The summed E-state index contributed by atoms with van der Waals surface area (Å²) >= 11 is 0. The molecule has 1 aliphatic carbocycles. The predicted octanol–water partition coefficient (Wildman–Crippen LogP) is 6.92. The number of carbonyl (C=O) groups excluding carboxylic acids is 1. The fraction of sp³-hybridized carbons (Fsp3) is 0.469. The van der Waals surface area contributed by atoms with E-state index in [9.17, 15) is 14.7 Å². The van der Waals surface area contributed by atoms with E-state index >= 15 is 0 Å². The van der Waals surface area contributed by atoms with Gasteiger partial charge in [-0.15, -0.1) is 0 Å². The average molecular weight is 546 g/mol. The molecule has 2 aromatic carbocycles. The highest BCUT2D eigenvalue weighted by Crippen LogP contribution is 2.38. The maximum atomic E-state index is 13.8. The van der Waals surface area contributed by atoms with Crippen LogP contribution < -0.4 is 4.90 Å². The Morgan fingerprint density at radius 1 is 1.05 bits per heavy atom. The topological polar surface area (TPSA) is 97.8 Å². The molecule has 8 heteroatoms. The van der Waals surface area contributed by atoms with Crippen molar-refractivity contribution in [2.24, 2.45) is 18.9 Å². The van der Waals surface area contributed by atoms with Crippen LogP contribution in [-0.4, -0.2) is 32.8 Å². The van der Waals surface area contributed by atoms with Crippen molar-refractivity contribution < 1.29 is 23.8 Å². The molecule has 2 heterocycles. The number of hydrogen-bond acceptors (Lipinski definition) is 5. The summed E-state index contributed by atoms with van der Waals surface area (Å²) in [5.41, 5.74) is 5.66. The summed E-state index contributed by atoms with van der Waals surface area (Å²) in [6.07, 6.45) is 3.71. The molecule has 4 aromatic rings. The van der Waals surface area contributed by atoms with Gasteiger partial charge in [0.25, 0.3) is 0 Å². The molecule has 0 bridgehead atoms. The van der Waals surface area contributed by atoms with Gasteiger partial charge in [0.1, 0.15) is 11.2 Å². The van der Waals surface area contributed by atoms with Crippen LogP contribution in [0.1, 0.15) is 79.3 Å². The standard InChI is InChI=1S/C32H39N3O5/c1-18(2)35(31(36)22-9-7-19(3)8-10-22)28-14-26-25-13-23(16-39-17-24-12-21(5)33-34(24)6)20(4)11-29(25)40-30(26)15-27(28)32(37)38/h11-15,18-19,22H,7-10,16-17H2,1-6H3,(H,37,38). The number of ether oxygens (including phenoxy) is 1. The van der Waals surface area contributed by atoms with Crippen LogP contribution in [0.3, 0.4) is 0 Å². The largest absolute Gasteiger partial charge is 0.478 e. The van der Waals surface area contributed by atoms with Crippen molar-refractivity contribution in [3.63, 3.8) is 0 Å². The number of aryl methyl sites for hydroxylation is 3. The number of aromatic nitrogens is 2. The van der Waals surface area contributed by atoms with Crippen LogP contribution in [0.2, 0.25) is 0 Å². The summed E-state index contributed by atoms with van der Waals surface area (Å²) in [6.45, 7) is 10.9. The van der Waals surface area contributed by atoms with Crippen molar-refractivity contribution in [2.45, 2.75) is 79.6 Å². The van der Waals surface area contributed by atoms with E-state index in [0.717, 1.165) is 59.0 Å². The van der Waals surface area contributed by atoms with Gasteiger partial charge in [0.15, 0.2) is 0 Å². The number of carbonyl (C=O) groups is 2. The molecule has 0 radical (unpaired) electrons. The summed E-state index contributed by atoms with van der Waals surface area (Å²) in [6, 6.07) is 9.23. The number of hydrogen-bond donors (Lipinski definition) is 1. The molecule has 1 fully saturated rings. The minimum atomic E-state index is -1.08. The van der Waals surface area contributed by atoms with Crippen LogP contribution in [0.4, 0.5) is 5.69 Å². The summed E-state index contributed by atoms with van der Waals surface area (Å²) in [5, 5.41) is 16.2. The first-order chi connectivity index (χ1) is 19.0. The Morgan fingerprint density at radius 3 is 2.35 bits per heavy atom. The Bertz CT molecular complexity index is 1570. The number of amides is 1.